The van der Waals surface area contributed by atoms with E-state index in [0.29, 0.717) is 17.9 Å². The number of nitrogens with zero attached hydrogens (tertiary/aromatic N) is 2. The van der Waals surface area contributed by atoms with Crippen LogP contribution in [-0.2, 0) is 6.54 Å². The Morgan fingerprint density at radius 3 is 2.68 bits per heavy atom. The maximum Gasteiger partial charge on any atom is 0.260 e. The van der Waals surface area contributed by atoms with Gasteiger partial charge in [0.1, 0.15) is 5.75 Å². The summed E-state index contributed by atoms with van der Waals surface area (Å²) in [7, 11) is 1.60. The molecule has 0 radical (unpaired) electrons. The number of benzene rings is 2. The van der Waals surface area contributed by atoms with Crippen molar-refractivity contribution in [2.24, 2.45) is 4.99 Å². The molecule has 1 fully saturated rings. The first-order valence-corrected chi connectivity index (χ1v) is 9.19. The molecule has 0 aliphatic carbocycles. The molecule has 0 unspecified atom stereocenters. The van der Waals surface area contributed by atoms with E-state index in [9.17, 15) is 4.79 Å². The van der Waals surface area contributed by atoms with Crippen molar-refractivity contribution in [3.8, 4) is 5.75 Å². The van der Waals surface area contributed by atoms with Crippen molar-refractivity contribution in [2.45, 2.75) is 25.9 Å². The average Bonchev–Trinajstić information content (AvgIpc) is 2.94. The number of methoxy groups -OCH3 is 1. The van der Waals surface area contributed by atoms with Gasteiger partial charge in [-0.15, -0.1) is 0 Å². The molecule has 3 rings (SSSR count). The summed E-state index contributed by atoms with van der Waals surface area (Å²) in [5.74, 6) is 1.47. The van der Waals surface area contributed by atoms with Gasteiger partial charge in [0.15, 0.2) is 5.17 Å². The summed E-state index contributed by atoms with van der Waals surface area (Å²) >= 11 is 1.63. The molecule has 0 N–H and O–H groups in total. The Morgan fingerprint density at radius 2 is 1.96 bits per heavy atom. The van der Waals surface area contributed by atoms with Crippen molar-refractivity contribution in [3.05, 3.63) is 65.7 Å². The summed E-state index contributed by atoms with van der Waals surface area (Å²) in [6, 6.07) is 17.3. The molecule has 1 amide bonds. The van der Waals surface area contributed by atoms with Gasteiger partial charge in [0.05, 0.1) is 19.2 Å². The van der Waals surface area contributed by atoms with E-state index < -0.39 is 0 Å². The molecule has 130 valence electrons. The fourth-order valence-corrected chi connectivity index (χ4v) is 3.96. The van der Waals surface area contributed by atoms with Crippen LogP contribution in [-0.4, -0.2) is 34.4 Å². The topological polar surface area (TPSA) is 41.9 Å². The van der Waals surface area contributed by atoms with Crippen molar-refractivity contribution in [2.75, 3.05) is 12.9 Å². The van der Waals surface area contributed by atoms with Gasteiger partial charge in [-0.05, 0) is 37.6 Å². The summed E-state index contributed by atoms with van der Waals surface area (Å²) in [6.45, 7) is 4.72. The Kier molecular flexibility index (Phi) is 5.13. The van der Waals surface area contributed by atoms with Crippen LogP contribution in [0.5, 0.6) is 5.75 Å². The summed E-state index contributed by atoms with van der Waals surface area (Å²) < 4.78 is 5.25. The predicted octanol–water partition coefficient (Wildman–Crippen LogP) is 4.22. The van der Waals surface area contributed by atoms with Crippen molar-refractivity contribution in [1.82, 2.24) is 4.90 Å². The second kappa shape index (κ2) is 7.31. The van der Waals surface area contributed by atoms with Gasteiger partial charge in [0.2, 0.25) is 0 Å². The van der Waals surface area contributed by atoms with E-state index in [1.54, 1.807) is 24.9 Å². The van der Waals surface area contributed by atoms with E-state index in [0.717, 1.165) is 16.5 Å². The quantitative estimate of drug-likeness (QED) is 0.825. The molecule has 0 bridgehead atoms. The highest BCUT2D eigenvalue weighted by molar-refractivity contribution is 8.14. The number of ether oxygens (including phenoxy) is 1. The number of carbonyl (C=O) groups excluding carboxylic acids is 1. The molecule has 0 spiro atoms. The SMILES string of the molecule is COc1cccc(C(=O)N2C(=NCc3ccccc3)SCC2(C)C)c1. The first-order chi connectivity index (χ1) is 12.0. The maximum atomic E-state index is 13.1. The molecule has 0 aromatic heterocycles. The fourth-order valence-electron chi connectivity index (χ4n) is 2.73. The standard InChI is InChI=1S/C20H22N2O2S/c1-20(2)14-25-19(21-13-15-8-5-4-6-9-15)22(20)18(23)16-10-7-11-17(12-16)24-3/h4-12H,13-14H2,1-3H3. The third-order valence-corrected chi connectivity index (χ3v) is 5.53. The molecule has 0 saturated carbocycles. The van der Waals surface area contributed by atoms with E-state index >= 15 is 0 Å². The summed E-state index contributed by atoms with van der Waals surface area (Å²) in [4.78, 5) is 19.7. The average molecular weight is 354 g/mol. The molecule has 1 aliphatic heterocycles. The van der Waals surface area contributed by atoms with E-state index in [2.05, 4.69) is 13.8 Å². The van der Waals surface area contributed by atoms with Crippen LogP contribution in [0.1, 0.15) is 29.8 Å². The summed E-state index contributed by atoms with van der Waals surface area (Å²) in [5.41, 5.74) is 1.47. The highest BCUT2D eigenvalue weighted by Crippen LogP contribution is 2.34. The Morgan fingerprint density at radius 1 is 1.20 bits per heavy atom. The lowest BCUT2D eigenvalue weighted by molar-refractivity contribution is 0.0766. The zero-order chi connectivity index (χ0) is 17.9. The minimum atomic E-state index is -0.277. The van der Waals surface area contributed by atoms with Crippen LogP contribution in [0, 0.1) is 0 Å². The highest BCUT2D eigenvalue weighted by atomic mass is 32.2. The molecule has 1 saturated heterocycles. The molecule has 0 atom stereocenters. The zero-order valence-corrected chi connectivity index (χ0v) is 15.5. The maximum absolute atomic E-state index is 13.1. The Balaban J connectivity index is 1.88. The molecule has 4 nitrogen and oxygen atoms in total. The largest absolute Gasteiger partial charge is 0.497 e. The van der Waals surface area contributed by atoms with Gasteiger partial charge in [-0.3, -0.25) is 14.7 Å². The minimum absolute atomic E-state index is 0.0410. The van der Waals surface area contributed by atoms with Gasteiger partial charge >= 0.3 is 0 Å². The Hall–Kier alpha value is -2.27. The van der Waals surface area contributed by atoms with Gasteiger partial charge in [0, 0.05) is 11.3 Å². The van der Waals surface area contributed by atoms with Crippen LogP contribution in [0.3, 0.4) is 0 Å². The molecule has 25 heavy (non-hydrogen) atoms. The number of aliphatic imine (C=N–C) groups is 1. The predicted molar refractivity (Wildman–Crippen MR) is 103 cm³/mol. The van der Waals surface area contributed by atoms with E-state index in [-0.39, 0.29) is 11.4 Å². The fraction of sp³-hybridized carbons (Fsp3) is 0.300. The lowest BCUT2D eigenvalue weighted by Gasteiger charge is -2.30. The number of amidine groups is 1. The van der Waals surface area contributed by atoms with Crippen molar-refractivity contribution < 1.29 is 9.53 Å². The van der Waals surface area contributed by atoms with Crippen LogP contribution in [0.15, 0.2) is 59.6 Å². The highest BCUT2D eigenvalue weighted by Gasteiger charge is 2.41. The molecular weight excluding hydrogens is 332 g/mol. The first-order valence-electron chi connectivity index (χ1n) is 8.21. The molecule has 2 aromatic carbocycles. The number of carbonyl (C=O) groups is 1. The third-order valence-electron chi connectivity index (χ3n) is 4.11. The van der Waals surface area contributed by atoms with Gasteiger partial charge in [-0.2, -0.15) is 0 Å². The van der Waals surface area contributed by atoms with Crippen LogP contribution < -0.4 is 4.74 Å². The Bertz CT molecular complexity index is 787. The monoisotopic (exact) mass is 354 g/mol. The van der Waals surface area contributed by atoms with Crippen molar-refractivity contribution >= 4 is 22.8 Å². The number of hydrogen-bond donors (Lipinski definition) is 0. The van der Waals surface area contributed by atoms with E-state index in [4.69, 9.17) is 9.73 Å². The first kappa shape index (κ1) is 17.5. The molecule has 1 aliphatic rings. The lowest BCUT2D eigenvalue weighted by atomic mass is 10.0. The van der Waals surface area contributed by atoms with Crippen molar-refractivity contribution in [3.63, 3.8) is 0 Å². The lowest BCUT2D eigenvalue weighted by Crippen LogP contribution is -2.46. The number of rotatable bonds is 4. The summed E-state index contributed by atoms with van der Waals surface area (Å²) in [6.07, 6.45) is 0. The minimum Gasteiger partial charge on any atom is -0.497 e. The number of amides is 1. The number of thioether (sulfide) groups is 1. The van der Waals surface area contributed by atoms with Crippen molar-refractivity contribution in [1.29, 1.82) is 0 Å². The normalized spacial score (nSPS) is 17.7. The second-order valence-corrected chi connectivity index (χ2v) is 7.50. The van der Waals surface area contributed by atoms with Gasteiger partial charge in [-0.1, -0.05) is 48.2 Å². The van der Waals surface area contributed by atoms with Crippen LogP contribution in [0.2, 0.25) is 0 Å². The third kappa shape index (κ3) is 3.87. The van der Waals surface area contributed by atoms with Crippen LogP contribution in [0.4, 0.5) is 0 Å². The van der Waals surface area contributed by atoms with Gasteiger partial charge in [0.25, 0.3) is 5.91 Å². The van der Waals surface area contributed by atoms with Crippen LogP contribution >= 0.6 is 11.8 Å². The smallest absolute Gasteiger partial charge is 0.260 e. The Labute approximate surface area is 152 Å². The van der Waals surface area contributed by atoms with E-state index in [1.165, 1.54) is 0 Å². The number of hydrogen-bond acceptors (Lipinski definition) is 4. The molecule has 5 heteroatoms. The molecular formula is C20H22N2O2S. The molecule has 2 aromatic rings. The second-order valence-electron chi connectivity index (χ2n) is 6.56. The van der Waals surface area contributed by atoms with Gasteiger partial charge < -0.3 is 4.74 Å². The zero-order valence-electron chi connectivity index (χ0n) is 14.7. The molecule has 1 heterocycles. The summed E-state index contributed by atoms with van der Waals surface area (Å²) in [5, 5.41) is 0.779. The van der Waals surface area contributed by atoms with Crippen LogP contribution in [0.25, 0.3) is 0 Å². The van der Waals surface area contributed by atoms with E-state index in [1.807, 2.05) is 53.4 Å². The van der Waals surface area contributed by atoms with Gasteiger partial charge in [-0.25, -0.2) is 0 Å².